The number of nitrogens with zero attached hydrogens (tertiary/aromatic N) is 2. The lowest BCUT2D eigenvalue weighted by Gasteiger charge is -2.35. The van der Waals surface area contributed by atoms with Gasteiger partial charge in [0.1, 0.15) is 11.8 Å². The standard InChI is InChI=1S/C22H24FN3O2/c1-15-6-7-17(25-11-15)13-24-12-16-8-9-26(21(23)10-16)22(27)19-14-28-20-5-3-2-4-18(19)20/h2-7,11,14,16,21,24H,8-10,12-13H2,1H3. The molecule has 5 nitrogen and oxygen atoms in total. The van der Waals surface area contributed by atoms with Crippen LogP contribution in [0.25, 0.3) is 11.0 Å². The zero-order chi connectivity index (χ0) is 19.5. The quantitative estimate of drug-likeness (QED) is 0.677. The summed E-state index contributed by atoms with van der Waals surface area (Å²) in [4.78, 5) is 18.5. The highest BCUT2D eigenvalue weighted by atomic mass is 19.1. The molecule has 1 saturated heterocycles. The van der Waals surface area contributed by atoms with E-state index in [0.717, 1.165) is 23.1 Å². The Morgan fingerprint density at radius 1 is 1.32 bits per heavy atom. The van der Waals surface area contributed by atoms with Gasteiger partial charge < -0.3 is 14.6 Å². The second kappa shape index (κ2) is 8.10. The van der Waals surface area contributed by atoms with Crippen LogP contribution in [0.2, 0.25) is 0 Å². The maximum absolute atomic E-state index is 14.8. The fourth-order valence-electron chi connectivity index (χ4n) is 3.70. The molecule has 28 heavy (non-hydrogen) atoms. The van der Waals surface area contributed by atoms with Crippen LogP contribution in [0.3, 0.4) is 0 Å². The first kappa shape index (κ1) is 18.6. The van der Waals surface area contributed by atoms with E-state index in [1.165, 1.54) is 11.2 Å². The topological polar surface area (TPSA) is 58.4 Å². The molecule has 1 aliphatic rings. The Morgan fingerprint density at radius 3 is 2.96 bits per heavy atom. The van der Waals surface area contributed by atoms with Crippen LogP contribution < -0.4 is 5.32 Å². The summed E-state index contributed by atoms with van der Waals surface area (Å²) in [5, 5.41) is 4.09. The molecule has 1 aliphatic heterocycles. The Bertz CT molecular complexity index is 954. The van der Waals surface area contributed by atoms with Crippen molar-refractivity contribution in [2.24, 2.45) is 5.92 Å². The molecule has 0 saturated carbocycles. The van der Waals surface area contributed by atoms with Crippen LogP contribution in [0.15, 0.2) is 53.3 Å². The van der Waals surface area contributed by atoms with Crippen molar-refractivity contribution in [3.63, 3.8) is 0 Å². The van der Waals surface area contributed by atoms with Crippen molar-refractivity contribution in [2.75, 3.05) is 13.1 Å². The molecule has 1 N–H and O–H groups in total. The molecule has 0 spiro atoms. The molecule has 6 heteroatoms. The molecule has 0 radical (unpaired) electrons. The van der Waals surface area contributed by atoms with Crippen LogP contribution in [0.5, 0.6) is 0 Å². The number of fused-ring (bicyclic) bond motifs is 1. The van der Waals surface area contributed by atoms with E-state index in [0.29, 0.717) is 37.2 Å². The number of nitrogens with one attached hydrogen (secondary N) is 1. The van der Waals surface area contributed by atoms with Crippen molar-refractivity contribution in [2.45, 2.75) is 32.6 Å². The molecule has 1 fully saturated rings. The molecule has 2 unspecified atom stereocenters. The minimum atomic E-state index is -1.28. The van der Waals surface area contributed by atoms with Gasteiger partial charge in [-0.15, -0.1) is 0 Å². The zero-order valence-corrected chi connectivity index (χ0v) is 15.9. The monoisotopic (exact) mass is 381 g/mol. The maximum Gasteiger partial charge on any atom is 0.260 e. The second-order valence-electron chi connectivity index (χ2n) is 7.43. The SMILES string of the molecule is Cc1ccc(CNCC2CCN(C(=O)c3coc4ccccc34)C(F)C2)nc1. The van der Waals surface area contributed by atoms with Gasteiger partial charge in [-0.05, 0) is 43.5 Å². The van der Waals surface area contributed by atoms with Crippen LogP contribution in [-0.4, -0.2) is 35.2 Å². The number of likely N-dealkylation sites (tertiary alicyclic amines) is 1. The highest BCUT2D eigenvalue weighted by Crippen LogP contribution is 2.28. The Labute approximate surface area is 163 Å². The number of hydrogen-bond donors (Lipinski definition) is 1. The van der Waals surface area contributed by atoms with Crippen molar-refractivity contribution in [1.29, 1.82) is 0 Å². The summed E-state index contributed by atoms with van der Waals surface area (Å²) in [5.41, 5.74) is 3.18. The maximum atomic E-state index is 14.8. The van der Waals surface area contributed by atoms with Crippen LogP contribution in [0, 0.1) is 12.8 Å². The molecule has 2 aromatic heterocycles. The van der Waals surface area contributed by atoms with E-state index < -0.39 is 6.30 Å². The second-order valence-corrected chi connectivity index (χ2v) is 7.43. The van der Waals surface area contributed by atoms with Gasteiger partial charge in [-0.25, -0.2) is 4.39 Å². The minimum Gasteiger partial charge on any atom is -0.463 e. The third-order valence-corrected chi connectivity index (χ3v) is 5.33. The summed E-state index contributed by atoms with van der Waals surface area (Å²) >= 11 is 0. The summed E-state index contributed by atoms with van der Waals surface area (Å²) in [6.45, 7) is 3.80. The summed E-state index contributed by atoms with van der Waals surface area (Å²) in [6, 6.07) is 11.4. The summed E-state index contributed by atoms with van der Waals surface area (Å²) < 4.78 is 20.2. The smallest absolute Gasteiger partial charge is 0.260 e. The largest absolute Gasteiger partial charge is 0.463 e. The van der Waals surface area contributed by atoms with Crippen molar-refractivity contribution in [3.8, 4) is 0 Å². The number of pyridine rings is 1. The average molecular weight is 381 g/mol. The Morgan fingerprint density at radius 2 is 2.18 bits per heavy atom. The number of carbonyl (C=O) groups excluding carboxylic acids is 1. The number of furan rings is 1. The number of para-hydroxylation sites is 1. The lowest BCUT2D eigenvalue weighted by Crippen LogP contribution is -2.45. The van der Waals surface area contributed by atoms with E-state index in [-0.39, 0.29) is 11.8 Å². The highest BCUT2D eigenvalue weighted by Gasteiger charge is 2.33. The van der Waals surface area contributed by atoms with Crippen LogP contribution in [0.1, 0.15) is 34.5 Å². The minimum absolute atomic E-state index is 0.200. The fourth-order valence-corrected chi connectivity index (χ4v) is 3.70. The highest BCUT2D eigenvalue weighted by molar-refractivity contribution is 6.05. The molecule has 3 heterocycles. The molecule has 0 aliphatic carbocycles. The van der Waals surface area contributed by atoms with Crippen molar-refractivity contribution in [1.82, 2.24) is 15.2 Å². The van der Waals surface area contributed by atoms with Gasteiger partial charge in [0.15, 0.2) is 6.30 Å². The molecule has 4 rings (SSSR count). The van der Waals surface area contributed by atoms with E-state index in [1.807, 2.05) is 43.5 Å². The van der Waals surface area contributed by atoms with Gasteiger partial charge in [0, 0.05) is 31.1 Å². The first-order valence-corrected chi connectivity index (χ1v) is 9.65. The number of piperidine rings is 1. The predicted molar refractivity (Wildman–Crippen MR) is 106 cm³/mol. The third-order valence-electron chi connectivity index (χ3n) is 5.33. The van der Waals surface area contributed by atoms with Gasteiger partial charge in [0.25, 0.3) is 5.91 Å². The molecule has 1 amide bonds. The van der Waals surface area contributed by atoms with Gasteiger partial charge in [-0.1, -0.05) is 24.3 Å². The number of aromatic nitrogens is 1. The zero-order valence-electron chi connectivity index (χ0n) is 15.9. The average Bonchev–Trinajstić information content (AvgIpc) is 3.13. The summed E-state index contributed by atoms with van der Waals surface area (Å²) in [6.07, 6.45) is 3.12. The van der Waals surface area contributed by atoms with Gasteiger partial charge in [-0.2, -0.15) is 0 Å². The van der Waals surface area contributed by atoms with Crippen molar-refractivity contribution < 1.29 is 13.6 Å². The van der Waals surface area contributed by atoms with Gasteiger partial charge >= 0.3 is 0 Å². The Kier molecular flexibility index (Phi) is 5.39. The van der Waals surface area contributed by atoms with Crippen molar-refractivity contribution in [3.05, 3.63) is 65.7 Å². The molecule has 2 atom stereocenters. The molecule has 3 aromatic rings. The van der Waals surface area contributed by atoms with Crippen LogP contribution in [0.4, 0.5) is 4.39 Å². The normalized spacial score (nSPS) is 19.9. The van der Waals surface area contributed by atoms with Gasteiger partial charge in [0.2, 0.25) is 0 Å². The van der Waals surface area contributed by atoms with Crippen molar-refractivity contribution >= 4 is 16.9 Å². The number of alkyl halides is 1. The lowest BCUT2D eigenvalue weighted by molar-refractivity contribution is 0.0192. The van der Waals surface area contributed by atoms with E-state index >= 15 is 0 Å². The Hall–Kier alpha value is -2.73. The van der Waals surface area contributed by atoms with Gasteiger partial charge in [-0.3, -0.25) is 9.78 Å². The van der Waals surface area contributed by atoms with E-state index in [9.17, 15) is 9.18 Å². The predicted octanol–water partition coefficient (Wildman–Crippen LogP) is 4.07. The number of amides is 1. The molecule has 1 aromatic carbocycles. The van der Waals surface area contributed by atoms with Gasteiger partial charge in [0.05, 0.1) is 11.3 Å². The lowest BCUT2D eigenvalue weighted by atomic mass is 9.95. The number of aryl methyl sites for hydroxylation is 1. The fraction of sp³-hybridized carbons (Fsp3) is 0.364. The molecule has 146 valence electrons. The third kappa shape index (κ3) is 3.92. The van der Waals surface area contributed by atoms with E-state index in [1.54, 1.807) is 6.07 Å². The molecular formula is C22H24FN3O2. The first-order chi connectivity index (χ1) is 13.6. The number of carbonyl (C=O) groups is 1. The summed E-state index contributed by atoms with van der Waals surface area (Å²) in [5.74, 6) is -0.0988. The Balaban J connectivity index is 1.32. The molecule has 0 bridgehead atoms. The summed E-state index contributed by atoms with van der Waals surface area (Å²) in [7, 11) is 0. The number of benzene rings is 1. The van der Waals surface area contributed by atoms with Crippen LogP contribution in [-0.2, 0) is 6.54 Å². The number of halogens is 1. The van der Waals surface area contributed by atoms with E-state index in [4.69, 9.17) is 4.42 Å². The number of hydrogen-bond acceptors (Lipinski definition) is 4. The molecular weight excluding hydrogens is 357 g/mol. The number of rotatable bonds is 5. The van der Waals surface area contributed by atoms with E-state index in [2.05, 4.69) is 10.3 Å². The van der Waals surface area contributed by atoms with Crippen LogP contribution >= 0.6 is 0 Å². The first-order valence-electron chi connectivity index (χ1n) is 9.65.